The summed E-state index contributed by atoms with van der Waals surface area (Å²) >= 11 is 0. The standard InChI is InChI=1S/C29H34N8O2/c1-4-25(38)22-18-31-27(34-26-11-10-20(17-30-26)12-15-37-13-5-6-14-37)16-24(22)33-23-9-7-8-21(28(23)39-3)29-32-19-36(2)35-29/h7-11,16-19H,4-6,12-15H2,1-3H3,(H2,30,31,33,34). The Bertz CT molecular complexity index is 1430. The van der Waals surface area contributed by atoms with Gasteiger partial charge in [0.15, 0.2) is 17.4 Å². The first-order chi connectivity index (χ1) is 19.0. The third-order valence-corrected chi connectivity index (χ3v) is 6.85. The summed E-state index contributed by atoms with van der Waals surface area (Å²) in [5.41, 5.74) is 3.75. The molecule has 0 unspecified atom stereocenters. The van der Waals surface area contributed by atoms with Crippen molar-refractivity contribution in [2.75, 3.05) is 37.4 Å². The third kappa shape index (κ3) is 6.23. The van der Waals surface area contributed by atoms with Crippen molar-refractivity contribution in [1.82, 2.24) is 29.6 Å². The van der Waals surface area contributed by atoms with Crippen molar-refractivity contribution in [1.29, 1.82) is 0 Å². The molecule has 39 heavy (non-hydrogen) atoms. The number of benzene rings is 1. The monoisotopic (exact) mass is 526 g/mol. The Hall–Kier alpha value is -4.31. The number of methoxy groups -OCH3 is 1. The fraction of sp³-hybridized carbons (Fsp3) is 0.345. The van der Waals surface area contributed by atoms with Crippen LogP contribution >= 0.6 is 0 Å². The number of aryl methyl sites for hydroxylation is 1. The molecule has 10 heteroatoms. The largest absolute Gasteiger partial charge is 0.494 e. The molecular formula is C29H34N8O2. The Morgan fingerprint density at radius 2 is 1.82 bits per heavy atom. The highest BCUT2D eigenvalue weighted by atomic mass is 16.5. The van der Waals surface area contributed by atoms with Crippen LogP contribution in [0, 0.1) is 0 Å². The van der Waals surface area contributed by atoms with Gasteiger partial charge in [0.25, 0.3) is 0 Å². The number of aromatic nitrogens is 5. The molecule has 1 aliphatic heterocycles. The molecule has 202 valence electrons. The van der Waals surface area contributed by atoms with Gasteiger partial charge in [-0.05, 0) is 56.1 Å². The predicted octanol–water partition coefficient (Wildman–Crippen LogP) is 5.00. The van der Waals surface area contributed by atoms with Crippen molar-refractivity contribution in [2.24, 2.45) is 7.05 Å². The molecule has 5 rings (SSSR count). The fourth-order valence-corrected chi connectivity index (χ4v) is 4.75. The molecule has 0 spiro atoms. The van der Waals surface area contributed by atoms with Crippen LogP contribution in [0.3, 0.4) is 0 Å². The first-order valence-electron chi connectivity index (χ1n) is 13.3. The number of hydrogen-bond donors (Lipinski definition) is 2. The Labute approximate surface area is 228 Å². The van der Waals surface area contributed by atoms with E-state index in [-0.39, 0.29) is 5.78 Å². The highest BCUT2D eigenvalue weighted by molar-refractivity contribution is 6.02. The molecule has 1 aliphatic rings. The molecule has 0 amide bonds. The van der Waals surface area contributed by atoms with Crippen molar-refractivity contribution < 1.29 is 9.53 Å². The van der Waals surface area contributed by atoms with Crippen molar-refractivity contribution in [3.8, 4) is 17.1 Å². The molecule has 0 saturated carbocycles. The van der Waals surface area contributed by atoms with E-state index in [1.54, 1.807) is 24.3 Å². The Morgan fingerprint density at radius 3 is 2.51 bits per heavy atom. The number of carbonyl (C=O) groups excluding carboxylic acids is 1. The average Bonchev–Trinajstić information content (AvgIpc) is 3.64. The van der Waals surface area contributed by atoms with E-state index in [2.05, 4.69) is 41.7 Å². The van der Waals surface area contributed by atoms with Crippen molar-refractivity contribution >= 4 is 28.8 Å². The topological polar surface area (TPSA) is 110 Å². The first kappa shape index (κ1) is 26.3. The highest BCUT2D eigenvalue weighted by Gasteiger charge is 2.18. The Kier molecular flexibility index (Phi) is 8.12. The normalized spacial score (nSPS) is 13.4. The fourth-order valence-electron chi connectivity index (χ4n) is 4.75. The van der Waals surface area contributed by atoms with Gasteiger partial charge in [-0.2, -0.15) is 5.10 Å². The number of nitrogens with one attached hydrogen (secondary N) is 2. The first-order valence-corrected chi connectivity index (χ1v) is 13.3. The van der Waals surface area contributed by atoms with Gasteiger partial charge in [-0.1, -0.05) is 19.1 Å². The number of Topliss-reactive ketones (excluding diaryl/α,β-unsaturated/α-hetero) is 1. The van der Waals surface area contributed by atoms with Gasteiger partial charge >= 0.3 is 0 Å². The molecule has 0 radical (unpaired) electrons. The van der Waals surface area contributed by atoms with Crippen LogP contribution in [-0.2, 0) is 13.5 Å². The molecule has 4 heterocycles. The zero-order valence-corrected chi connectivity index (χ0v) is 22.6. The highest BCUT2D eigenvalue weighted by Crippen LogP contribution is 2.37. The number of likely N-dealkylation sites (tertiary alicyclic amines) is 1. The van der Waals surface area contributed by atoms with Crippen LogP contribution in [0.25, 0.3) is 11.4 Å². The summed E-state index contributed by atoms with van der Waals surface area (Å²) in [4.78, 5) is 28.7. The molecule has 1 aromatic carbocycles. The number of hydrogen-bond acceptors (Lipinski definition) is 9. The number of para-hydroxylation sites is 1. The summed E-state index contributed by atoms with van der Waals surface area (Å²) < 4.78 is 7.39. The van der Waals surface area contributed by atoms with E-state index in [1.807, 2.05) is 50.5 Å². The number of pyridine rings is 2. The van der Waals surface area contributed by atoms with E-state index in [0.29, 0.717) is 46.6 Å². The smallest absolute Gasteiger partial charge is 0.184 e. The zero-order valence-electron chi connectivity index (χ0n) is 22.6. The van der Waals surface area contributed by atoms with E-state index in [4.69, 9.17) is 4.74 Å². The van der Waals surface area contributed by atoms with E-state index in [9.17, 15) is 4.79 Å². The summed E-state index contributed by atoms with van der Waals surface area (Å²) in [5, 5.41) is 11.1. The van der Waals surface area contributed by atoms with Crippen LogP contribution in [0.15, 0.2) is 55.1 Å². The number of ether oxygens (including phenoxy) is 1. The summed E-state index contributed by atoms with van der Waals surface area (Å²) in [6.45, 7) is 5.30. The van der Waals surface area contributed by atoms with E-state index in [1.165, 1.54) is 31.5 Å². The molecule has 10 nitrogen and oxygen atoms in total. The van der Waals surface area contributed by atoms with Crippen LogP contribution in [0.1, 0.15) is 42.1 Å². The summed E-state index contributed by atoms with van der Waals surface area (Å²) in [5.74, 6) is 2.38. The van der Waals surface area contributed by atoms with Gasteiger partial charge in [-0.15, -0.1) is 0 Å². The number of ketones is 1. The van der Waals surface area contributed by atoms with Crippen molar-refractivity contribution in [3.05, 3.63) is 66.2 Å². The van der Waals surface area contributed by atoms with Crippen LogP contribution in [-0.4, -0.2) is 62.2 Å². The lowest BCUT2D eigenvalue weighted by Gasteiger charge is -2.17. The minimum atomic E-state index is -0.0152. The van der Waals surface area contributed by atoms with Gasteiger partial charge in [0, 0.05) is 38.5 Å². The summed E-state index contributed by atoms with van der Waals surface area (Å²) in [7, 11) is 3.42. The molecule has 0 aliphatic carbocycles. The third-order valence-electron chi connectivity index (χ3n) is 6.85. The minimum absolute atomic E-state index is 0.0152. The molecule has 1 fully saturated rings. The molecule has 3 aromatic heterocycles. The molecule has 4 aromatic rings. The minimum Gasteiger partial charge on any atom is -0.494 e. The van der Waals surface area contributed by atoms with E-state index >= 15 is 0 Å². The van der Waals surface area contributed by atoms with Gasteiger partial charge in [-0.25, -0.2) is 15.0 Å². The molecule has 0 atom stereocenters. The van der Waals surface area contributed by atoms with Crippen molar-refractivity contribution in [3.63, 3.8) is 0 Å². The molecule has 1 saturated heterocycles. The number of rotatable bonds is 11. The van der Waals surface area contributed by atoms with Gasteiger partial charge < -0.3 is 20.3 Å². The van der Waals surface area contributed by atoms with Crippen molar-refractivity contribution in [2.45, 2.75) is 32.6 Å². The van der Waals surface area contributed by atoms with Crippen LogP contribution < -0.4 is 15.4 Å². The quantitative estimate of drug-likeness (QED) is 0.261. The second kappa shape index (κ2) is 12.0. The Morgan fingerprint density at radius 1 is 1.00 bits per heavy atom. The number of nitrogens with zero attached hydrogens (tertiary/aromatic N) is 6. The Balaban J connectivity index is 1.37. The predicted molar refractivity (Wildman–Crippen MR) is 152 cm³/mol. The molecule has 0 bridgehead atoms. The lowest BCUT2D eigenvalue weighted by Crippen LogP contribution is -2.21. The maximum Gasteiger partial charge on any atom is 0.184 e. The van der Waals surface area contributed by atoms with Crippen LogP contribution in [0.2, 0.25) is 0 Å². The number of carbonyl (C=O) groups is 1. The SMILES string of the molecule is CCC(=O)c1cnc(Nc2ccc(CCN3CCCC3)cn2)cc1Nc1cccc(-c2ncn(C)n2)c1OC. The van der Waals surface area contributed by atoms with Gasteiger partial charge in [0.05, 0.1) is 29.6 Å². The lowest BCUT2D eigenvalue weighted by atomic mass is 10.1. The second-order valence-electron chi connectivity index (χ2n) is 9.62. The van der Waals surface area contributed by atoms with Crippen LogP contribution in [0.4, 0.5) is 23.0 Å². The van der Waals surface area contributed by atoms with Gasteiger partial charge in [0.1, 0.15) is 18.0 Å². The maximum absolute atomic E-state index is 12.8. The average molecular weight is 527 g/mol. The lowest BCUT2D eigenvalue weighted by molar-refractivity contribution is 0.0988. The number of anilines is 4. The summed E-state index contributed by atoms with van der Waals surface area (Å²) in [6.07, 6.45) is 9.09. The van der Waals surface area contributed by atoms with E-state index < -0.39 is 0 Å². The maximum atomic E-state index is 12.8. The van der Waals surface area contributed by atoms with Crippen LogP contribution in [0.5, 0.6) is 5.75 Å². The van der Waals surface area contributed by atoms with Gasteiger partial charge in [0.2, 0.25) is 0 Å². The van der Waals surface area contributed by atoms with Gasteiger partial charge in [-0.3, -0.25) is 9.48 Å². The summed E-state index contributed by atoms with van der Waals surface area (Å²) in [6, 6.07) is 11.6. The van der Waals surface area contributed by atoms with E-state index in [0.717, 1.165) is 18.5 Å². The second-order valence-corrected chi connectivity index (χ2v) is 9.62. The molecule has 2 N–H and O–H groups in total. The molecular weight excluding hydrogens is 492 g/mol. The zero-order chi connectivity index (χ0) is 27.2.